The first-order valence-electron chi connectivity index (χ1n) is 6.19. The molecule has 0 spiro atoms. The first kappa shape index (κ1) is 13.4. The summed E-state index contributed by atoms with van der Waals surface area (Å²) in [6.45, 7) is 0. The van der Waals surface area contributed by atoms with Crippen molar-refractivity contribution in [1.82, 2.24) is 20.2 Å². The highest BCUT2D eigenvalue weighted by Gasteiger charge is 2.28. The number of rotatable bonds is 5. The minimum atomic E-state index is -1.24. The molecule has 1 N–H and O–H groups in total. The standard InChI is InChI=1S/C12H12F2N4OS/c13-8-2-1-3-9(14)11(8)10(19)6-20-12-15-16-17-18(12)7-4-5-7/h1-3,7,10,19H,4-6H2. The third-order valence-electron chi connectivity index (χ3n) is 3.06. The Morgan fingerprint density at radius 1 is 1.35 bits per heavy atom. The molecule has 106 valence electrons. The van der Waals surface area contributed by atoms with E-state index in [1.165, 1.54) is 17.8 Å². The summed E-state index contributed by atoms with van der Waals surface area (Å²) in [5.41, 5.74) is -0.314. The average Bonchev–Trinajstić information content (AvgIpc) is 3.15. The van der Waals surface area contributed by atoms with E-state index >= 15 is 0 Å². The summed E-state index contributed by atoms with van der Waals surface area (Å²) < 4.78 is 28.7. The fourth-order valence-electron chi connectivity index (χ4n) is 1.89. The number of tetrazole rings is 1. The first-order valence-corrected chi connectivity index (χ1v) is 7.18. The molecule has 1 aliphatic rings. The van der Waals surface area contributed by atoms with E-state index in [1.54, 1.807) is 4.68 Å². The van der Waals surface area contributed by atoms with Crippen molar-refractivity contribution in [2.75, 3.05) is 5.75 Å². The van der Waals surface area contributed by atoms with Crippen molar-refractivity contribution in [3.8, 4) is 0 Å². The van der Waals surface area contributed by atoms with Gasteiger partial charge in [-0.2, -0.15) is 0 Å². The van der Waals surface area contributed by atoms with Gasteiger partial charge in [0.25, 0.3) is 0 Å². The maximum absolute atomic E-state index is 13.5. The van der Waals surface area contributed by atoms with Gasteiger partial charge in [-0.25, -0.2) is 13.5 Å². The number of benzene rings is 1. The number of nitrogens with zero attached hydrogens (tertiary/aromatic N) is 4. The van der Waals surface area contributed by atoms with Crippen molar-refractivity contribution in [2.45, 2.75) is 30.1 Å². The van der Waals surface area contributed by atoms with E-state index in [4.69, 9.17) is 0 Å². The van der Waals surface area contributed by atoms with E-state index < -0.39 is 17.7 Å². The molecular formula is C12H12F2N4OS. The molecule has 0 bridgehead atoms. The van der Waals surface area contributed by atoms with Crippen LogP contribution in [0.5, 0.6) is 0 Å². The second-order valence-corrected chi connectivity index (χ2v) is 5.59. The minimum Gasteiger partial charge on any atom is -0.387 e. The molecule has 0 saturated heterocycles. The normalized spacial score (nSPS) is 16.4. The van der Waals surface area contributed by atoms with Crippen LogP contribution in [-0.2, 0) is 0 Å². The van der Waals surface area contributed by atoms with Crippen molar-refractivity contribution in [2.24, 2.45) is 0 Å². The largest absolute Gasteiger partial charge is 0.387 e. The van der Waals surface area contributed by atoms with Gasteiger partial charge in [-0.1, -0.05) is 17.8 Å². The molecule has 1 aliphatic carbocycles. The van der Waals surface area contributed by atoms with Gasteiger partial charge in [-0.3, -0.25) is 0 Å². The monoisotopic (exact) mass is 298 g/mol. The Hall–Kier alpha value is -1.54. The third kappa shape index (κ3) is 2.66. The number of hydrogen-bond donors (Lipinski definition) is 1. The van der Waals surface area contributed by atoms with Gasteiger partial charge in [0.05, 0.1) is 17.7 Å². The maximum Gasteiger partial charge on any atom is 0.209 e. The van der Waals surface area contributed by atoms with E-state index in [2.05, 4.69) is 15.5 Å². The lowest BCUT2D eigenvalue weighted by molar-refractivity contribution is 0.193. The lowest BCUT2D eigenvalue weighted by atomic mass is 10.1. The predicted octanol–water partition coefficient (Wildman–Crippen LogP) is 2.11. The smallest absolute Gasteiger partial charge is 0.209 e. The van der Waals surface area contributed by atoms with E-state index in [9.17, 15) is 13.9 Å². The van der Waals surface area contributed by atoms with Gasteiger partial charge >= 0.3 is 0 Å². The average molecular weight is 298 g/mol. The van der Waals surface area contributed by atoms with Crippen LogP contribution in [0.25, 0.3) is 0 Å². The second kappa shape index (κ2) is 5.45. The first-order chi connectivity index (χ1) is 9.66. The molecule has 1 aromatic carbocycles. The topological polar surface area (TPSA) is 63.8 Å². The summed E-state index contributed by atoms with van der Waals surface area (Å²) in [4.78, 5) is 0. The molecule has 1 atom stereocenters. The summed E-state index contributed by atoms with van der Waals surface area (Å²) in [6, 6.07) is 3.83. The lowest BCUT2D eigenvalue weighted by Crippen LogP contribution is -2.08. The van der Waals surface area contributed by atoms with Crippen molar-refractivity contribution in [1.29, 1.82) is 0 Å². The summed E-state index contributed by atoms with van der Waals surface area (Å²) >= 11 is 1.19. The second-order valence-electron chi connectivity index (χ2n) is 4.60. The summed E-state index contributed by atoms with van der Waals surface area (Å²) in [7, 11) is 0. The van der Waals surface area contributed by atoms with Crippen LogP contribution in [-0.4, -0.2) is 31.1 Å². The van der Waals surface area contributed by atoms with Crippen molar-refractivity contribution < 1.29 is 13.9 Å². The number of hydrogen-bond acceptors (Lipinski definition) is 5. The molecule has 1 heterocycles. The molecule has 0 amide bonds. The molecule has 20 heavy (non-hydrogen) atoms. The van der Waals surface area contributed by atoms with Gasteiger partial charge in [-0.05, 0) is 35.4 Å². The predicted molar refractivity (Wildman–Crippen MR) is 68.1 cm³/mol. The lowest BCUT2D eigenvalue weighted by Gasteiger charge is -2.12. The SMILES string of the molecule is OC(CSc1nnnn1C1CC1)c1c(F)cccc1F. The summed E-state index contributed by atoms with van der Waals surface area (Å²) in [5, 5.41) is 21.8. The van der Waals surface area contributed by atoms with Crippen molar-refractivity contribution in [3.63, 3.8) is 0 Å². The Bertz CT molecular complexity index is 597. The van der Waals surface area contributed by atoms with Crippen molar-refractivity contribution >= 4 is 11.8 Å². The molecule has 2 aromatic rings. The van der Waals surface area contributed by atoms with Crippen LogP contribution in [0.2, 0.25) is 0 Å². The van der Waals surface area contributed by atoms with E-state index in [0.29, 0.717) is 11.2 Å². The van der Waals surface area contributed by atoms with E-state index in [0.717, 1.165) is 25.0 Å². The molecular weight excluding hydrogens is 286 g/mol. The highest BCUT2D eigenvalue weighted by Crippen LogP contribution is 2.37. The van der Waals surface area contributed by atoms with Crippen LogP contribution in [0, 0.1) is 11.6 Å². The molecule has 1 fully saturated rings. The van der Waals surface area contributed by atoms with Crippen LogP contribution in [0.15, 0.2) is 23.4 Å². The Labute approximate surface area is 118 Å². The fraction of sp³-hybridized carbons (Fsp3) is 0.417. The highest BCUT2D eigenvalue weighted by atomic mass is 32.2. The highest BCUT2D eigenvalue weighted by molar-refractivity contribution is 7.99. The van der Waals surface area contributed by atoms with Gasteiger partial charge in [0, 0.05) is 5.75 Å². The quantitative estimate of drug-likeness (QED) is 0.857. The van der Waals surface area contributed by atoms with E-state index in [-0.39, 0.29) is 11.3 Å². The molecule has 3 rings (SSSR count). The third-order valence-corrected chi connectivity index (χ3v) is 4.07. The summed E-state index contributed by atoms with van der Waals surface area (Å²) in [5.74, 6) is -1.41. The molecule has 5 nitrogen and oxygen atoms in total. The van der Waals surface area contributed by atoms with Gasteiger partial charge in [0.1, 0.15) is 11.6 Å². The number of aliphatic hydroxyl groups is 1. The Morgan fingerprint density at radius 2 is 2.05 bits per heavy atom. The molecule has 1 saturated carbocycles. The Kier molecular flexibility index (Phi) is 3.66. The zero-order valence-electron chi connectivity index (χ0n) is 10.4. The molecule has 0 aliphatic heterocycles. The zero-order chi connectivity index (χ0) is 14.1. The van der Waals surface area contributed by atoms with Crippen LogP contribution in [0.4, 0.5) is 8.78 Å². The number of halogens is 2. The van der Waals surface area contributed by atoms with Crippen LogP contribution in [0.1, 0.15) is 30.6 Å². The minimum absolute atomic E-state index is 0.0882. The van der Waals surface area contributed by atoms with E-state index in [1.807, 2.05) is 0 Å². The fourth-order valence-corrected chi connectivity index (χ4v) is 2.78. The van der Waals surface area contributed by atoms with Gasteiger partial charge in [0.15, 0.2) is 0 Å². The zero-order valence-corrected chi connectivity index (χ0v) is 11.2. The number of aliphatic hydroxyl groups excluding tert-OH is 1. The van der Waals surface area contributed by atoms with Gasteiger partial charge in [-0.15, -0.1) is 5.10 Å². The molecule has 8 heteroatoms. The van der Waals surface area contributed by atoms with Crippen molar-refractivity contribution in [3.05, 3.63) is 35.4 Å². The van der Waals surface area contributed by atoms with Crippen LogP contribution >= 0.6 is 11.8 Å². The number of aromatic nitrogens is 4. The Balaban J connectivity index is 1.70. The molecule has 1 unspecified atom stereocenters. The molecule has 1 aromatic heterocycles. The van der Waals surface area contributed by atoms with Crippen LogP contribution in [0.3, 0.4) is 0 Å². The van der Waals surface area contributed by atoms with Gasteiger partial charge < -0.3 is 5.11 Å². The van der Waals surface area contributed by atoms with Crippen LogP contribution < -0.4 is 0 Å². The maximum atomic E-state index is 13.5. The molecule has 0 radical (unpaired) electrons. The number of thioether (sulfide) groups is 1. The van der Waals surface area contributed by atoms with Gasteiger partial charge in [0.2, 0.25) is 5.16 Å². The Morgan fingerprint density at radius 3 is 2.70 bits per heavy atom. The summed E-state index contributed by atoms with van der Waals surface area (Å²) in [6.07, 6.45) is 0.817.